The van der Waals surface area contributed by atoms with E-state index in [1.54, 1.807) is 6.92 Å². The maximum absolute atomic E-state index is 11.8. The van der Waals surface area contributed by atoms with Crippen LogP contribution in [0.15, 0.2) is 18.2 Å². The molecule has 0 aliphatic heterocycles. The van der Waals surface area contributed by atoms with Gasteiger partial charge >= 0.3 is 0 Å². The van der Waals surface area contributed by atoms with Gasteiger partial charge < -0.3 is 0 Å². The van der Waals surface area contributed by atoms with E-state index in [9.17, 15) is 18.5 Å². The Balaban J connectivity index is 2.40. The molecule has 1 aromatic rings. The van der Waals surface area contributed by atoms with Gasteiger partial charge in [-0.2, -0.15) is 0 Å². The Kier molecular flexibility index (Phi) is 4.82. The summed E-state index contributed by atoms with van der Waals surface area (Å²) >= 11 is 0. The van der Waals surface area contributed by atoms with Crippen LogP contribution in [0.1, 0.15) is 50.5 Å². The Morgan fingerprint density at radius 1 is 1.29 bits per heavy atom. The van der Waals surface area contributed by atoms with Crippen LogP contribution in [0.25, 0.3) is 0 Å². The Bertz CT molecular complexity index is 622. The summed E-state index contributed by atoms with van der Waals surface area (Å²) < 4.78 is 26.1. The number of hydrogen-bond acceptors (Lipinski definition) is 4. The highest BCUT2D eigenvalue weighted by atomic mass is 32.2. The summed E-state index contributed by atoms with van der Waals surface area (Å²) in [5.41, 5.74) is 1.24. The SMILES string of the molecule is CCS(=O)(=O)Nc1ccc([N+](=O)[O-])cc1C1CCCCC1. The minimum Gasteiger partial charge on any atom is -0.283 e. The molecule has 21 heavy (non-hydrogen) atoms. The van der Waals surface area contributed by atoms with Crippen LogP contribution in [0, 0.1) is 10.1 Å². The maximum Gasteiger partial charge on any atom is 0.269 e. The molecule has 0 unspecified atom stereocenters. The second kappa shape index (κ2) is 6.43. The normalized spacial score (nSPS) is 16.6. The van der Waals surface area contributed by atoms with Crippen molar-refractivity contribution < 1.29 is 13.3 Å². The van der Waals surface area contributed by atoms with Crippen LogP contribution in [0.5, 0.6) is 0 Å². The largest absolute Gasteiger partial charge is 0.283 e. The first-order chi connectivity index (χ1) is 9.93. The third-order valence-corrected chi connectivity index (χ3v) is 5.23. The monoisotopic (exact) mass is 312 g/mol. The number of nitrogens with zero attached hydrogens (tertiary/aromatic N) is 1. The highest BCUT2D eigenvalue weighted by molar-refractivity contribution is 7.92. The van der Waals surface area contributed by atoms with E-state index >= 15 is 0 Å². The summed E-state index contributed by atoms with van der Waals surface area (Å²) in [5.74, 6) is 0.168. The second-order valence-corrected chi connectivity index (χ2v) is 7.38. The first-order valence-electron chi connectivity index (χ1n) is 7.22. The fraction of sp³-hybridized carbons (Fsp3) is 0.571. The molecular weight excluding hydrogens is 292 g/mol. The molecule has 0 heterocycles. The molecule has 0 amide bonds. The zero-order chi connectivity index (χ0) is 15.5. The Hall–Kier alpha value is -1.63. The third-order valence-electron chi connectivity index (χ3n) is 3.94. The topological polar surface area (TPSA) is 89.3 Å². The van der Waals surface area contributed by atoms with E-state index in [1.165, 1.54) is 24.6 Å². The van der Waals surface area contributed by atoms with E-state index in [0.29, 0.717) is 5.69 Å². The van der Waals surface area contributed by atoms with Crippen LogP contribution in [0.2, 0.25) is 0 Å². The summed E-state index contributed by atoms with van der Waals surface area (Å²) in [6.07, 6.45) is 5.21. The predicted octanol–water partition coefficient (Wildman–Crippen LogP) is 3.40. The first kappa shape index (κ1) is 15.8. The number of anilines is 1. The van der Waals surface area contributed by atoms with Crippen LogP contribution >= 0.6 is 0 Å². The van der Waals surface area contributed by atoms with E-state index in [4.69, 9.17) is 0 Å². The summed E-state index contributed by atoms with van der Waals surface area (Å²) in [4.78, 5) is 10.5. The lowest BCUT2D eigenvalue weighted by Gasteiger charge is -2.24. The molecule has 1 N–H and O–H groups in total. The van der Waals surface area contributed by atoms with Crippen molar-refractivity contribution in [2.24, 2.45) is 0 Å². The molecule has 0 aromatic heterocycles. The molecule has 6 nitrogen and oxygen atoms in total. The number of hydrogen-bond donors (Lipinski definition) is 1. The van der Waals surface area contributed by atoms with Gasteiger partial charge in [0.2, 0.25) is 10.0 Å². The van der Waals surface area contributed by atoms with E-state index in [-0.39, 0.29) is 17.4 Å². The molecule has 2 rings (SSSR count). The number of nitro groups is 1. The number of rotatable bonds is 5. The van der Waals surface area contributed by atoms with Gasteiger partial charge in [0.15, 0.2) is 0 Å². The lowest BCUT2D eigenvalue weighted by molar-refractivity contribution is -0.384. The number of benzene rings is 1. The van der Waals surface area contributed by atoms with Crippen molar-refractivity contribution >= 4 is 21.4 Å². The van der Waals surface area contributed by atoms with Gasteiger partial charge in [0.1, 0.15) is 0 Å². The van der Waals surface area contributed by atoms with Gasteiger partial charge in [0.05, 0.1) is 16.4 Å². The fourth-order valence-electron chi connectivity index (χ4n) is 2.75. The third kappa shape index (κ3) is 3.93. The predicted molar refractivity (Wildman–Crippen MR) is 82.0 cm³/mol. The molecule has 116 valence electrons. The van der Waals surface area contributed by atoms with Crippen molar-refractivity contribution in [3.8, 4) is 0 Å². The van der Waals surface area contributed by atoms with Gasteiger partial charge in [0.25, 0.3) is 5.69 Å². The molecule has 0 atom stereocenters. The highest BCUT2D eigenvalue weighted by Gasteiger charge is 2.23. The Morgan fingerprint density at radius 3 is 2.52 bits per heavy atom. The number of nitrogens with one attached hydrogen (secondary N) is 1. The highest BCUT2D eigenvalue weighted by Crippen LogP contribution is 2.38. The standard InChI is InChI=1S/C14H20N2O4S/c1-2-21(19,20)15-14-9-8-12(16(17)18)10-13(14)11-6-4-3-5-7-11/h8-11,15H,2-7H2,1H3. The van der Waals surface area contributed by atoms with Crippen molar-refractivity contribution in [2.75, 3.05) is 10.5 Å². The van der Waals surface area contributed by atoms with Crippen molar-refractivity contribution in [3.63, 3.8) is 0 Å². The van der Waals surface area contributed by atoms with Crippen molar-refractivity contribution in [3.05, 3.63) is 33.9 Å². The second-order valence-electron chi connectivity index (χ2n) is 5.37. The molecule has 7 heteroatoms. The van der Waals surface area contributed by atoms with Gasteiger partial charge in [-0.1, -0.05) is 19.3 Å². The molecule has 1 aromatic carbocycles. The molecule has 1 saturated carbocycles. The molecule has 1 fully saturated rings. The molecule has 1 aliphatic rings. The number of nitro benzene ring substituents is 1. The number of non-ortho nitro benzene ring substituents is 1. The average Bonchev–Trinajstić information content (AvgIpc) is 2.48. The summed E-state index contributed by atoms with van der Waals surface area (Å²) in [6, 6.07) is 4.37. The molecule has 0 bridgehead atoms. The van der Waals surface area contributed by atoms with Gasteiger partial charge in [-0.05, 0) is 37.3 Å². The lowest BCUT2D eigenvalue weighted by Crippen LogP contribution is -2.17. The van der Waals surface area contributed by atoms with Crippen LogP contribution in [-0.4, -0.2) is 19.1 Å². The van der Waals surface area contributed by atoms with Crippen LogP contribution in [0.3, 0.4) is 0 Å². The fourth-order valence-corrected chi connectivity index (χ4v) is 3.41. The van der Waals surface area contributed by atoms with Gasteiger partial charge in [-0.15, -0.1) is 0 Å². The first-order valence-corrected chi connectivity index (χ1v) is 8.87. The van der Waals surface area contributed by atoms with Gasteiger partial charge in [-0.3, -0.25) is 14.8 Å². The Morgan fingerprint density at radius 2 is 1.95 bits per heavy atom. The van der Waals surface area contributed by atoms with E-state index in [1.807, 2.05) is 0 Å². The zero-order valence-electron chi connectivity index (χ0n) is 12.0. The van der Waals surface area contributed by atoms with Crippen molar-refractivity contribution in [2.45, 2.75) is 44.9 Å². The van der Waals surface area contributed by atoms with E-state index in [2.05, 4.69) is 4.72 Å². The molecule has 0 radical (unpaired) electrons. The quantitative estimate of drug-likeness (QED) is 0.666. The number of sulfonamides is 1. The summed E-state index contributed by atoms with van der Waals surface area (Å²) in [6.45, 7) is 1.56. The van der Waals surface area contributed by atoms with Crippen molar-refractivity contribution in [1.82, 2.24) is 0 Å². The molecule has 0 saturated heterocycles. The molecule has 0 spiro atoms. The maximum atomic E-state index is 11.8. The van der Waals surface area contributed by atoms with Crippen LogP contribution in [-0.2, 0) is 10.0 Å². The van der Waals surface area contributed by atoms with E-state index < -0.39 is 14.9 Å². The minimum absolute atomic E-state index is 0.00928. The average molecular weight is 312 g/mol. The minimum atomic E-state index is -3.39. The van der Waals surface area contributed by atoms with Crippen molar-refractivity contribution in [1.29, 1.82) is 0 Å². The van der Waals surface area contributed by atoms with Gasteiger partial charge in [0, 0.05) is 12.1 Å². The van der Waals surface area contributed by atoms with Crippen LogP contribution < -0.4 is 4.72 Å². The van der Waals surface area contributed by atoms with Gasteiger partial charge in [-0.25, -0.2) is 8.42 Å². The summed E-state index contributed by atoms with van der Waals surface area (Å²) in [5, 5.41) is 11.0. The zero-order valence-corrected chi connectivity index (χ0v) is 12.9. The molecule has 1 aliphatic carbocycles. The lowest BCUT2D eigenvalue weighted by atomic mass is 9.83. The Labute approximate surface area is 124 Å². The van der Waals surface area contributed by atoms with Crippen LogP contribution in [0.4, 0.5) is 11.4 Å². The molecular formula is C14H20N2O4S. The summed E-state index contributed by atoms with van der Waals surface area (Å²) in [7, 11) is -3.39. The smallest absolute Gasteiger partial charge is 0.269 e. The van der Waals surface area contributed by atoms with E-state index in [0.717, 1.165) is 31.2 Å².